The van der Waals surface area contributed by atoms with Crippen LogP contribution < -0.4 is 0 Å². The first-order valence-electron chi connectivity index (χ1n) is 9.07. The largest absolute Gasteiger partial charge is 0.396 e. The molecule has 1 unspecified atom stereocenters. The molecule has 0 aliphatic heterocycles. The Morgan fingerprint density at radius 2 is 1.48 bits per heavy atom. The second-order valence-corrected chi connectivity index (χ2v) is 8.11. The Balaban J connectivity index is 0.000000234. The van der Waals surface area contributed by atoms with Crippen LogP contribution in [-0.2, 0) is 10.1 Å². The number of hydrogen-bond donors (Lipinski definition) is 2. The van der Waals surface area contributed by atoms with Gasteiger partial charge in [-0.05, 0) is 30.7 Å². The summed E-state index contributed by atoms with van der Waals surface area (Å²) in [6.45, 7) is 3.86. The molecule has 1 atom stereocenters. The third-order valence-corrected chi connectivity index (χ3v) is 5.21. The van der Waals surface area contributed by atoms with E-state index in [2.05, 4.69) is 0 Å². The van der Waals surface area contributed by atoms with Crippen LogP contribution in [-0.4, -0.2) is 30.5 Å². The van der Waals surface area contributed by atoms with Gasteiger partial charge in [-0.15, -0.1) is 0 Å². The molecule has 2 N–H and O–H groups in total. The maximum Gasteiger partial charge on any atom is 0.294 e. The minimum absolute atomic E-state index is 0.0163. The Kier molecular flexibility index (Phi) is 7.84. The predicted octanol–water partition coefficient (Wildman–Crippen LogP) is 4.26. The van der Waals surface area contributed by atoms with Crippen molar-refractivity contribution in [1.29, 1.82) is 0 Å². The first-order chi connectivity index (χ1) is 13.7. The zero-order valence-corrected chi connectivity index (χ0v) is 17.1. The predicted molar refractivity (Wildman–Crippen MR) is 113 cm³/mol. The van der Waals surface area contributed by atoms with Crippen molar-refractivity contribution in [1.82, 2.24) is 0 Å². The van der Waals surface area contributed by atoms with Gasteiger partial charge in [-0.2, -0.15) is 8.42 Å². The van der Waals surface area contributed by atoms with E-state index in [0.717, 1.165) is 11.1 Å². The van der Waals surface area contributed by atoms with Crippen LogP contribution in [0.3, 0.4) is 0 Å². The fourth-order valence-electron chi connectivity index (χ4n) is 2.56. The Morgan fingerprint density at radius 1 is 0.897 bits per heavy atom. The normalized spacial score (nSPS) is 11.9. The average Bonchev–Trinajstić information content (AvgIpc) is 2.73. The lowest BCUT2D eigenvalue weighted by Gasteiger charge is -2.09. The van der Waals surface area contributed by atoms with Crippen LogP contribution in [0, 0.1) is 6.92 Å². The van der Waals surface area contributed by atoms with E-state index in [0.29, 0.717) is 11.1 Å². The number of carbonyl (C=O) groups is 1. The van der Waals surface area contributed by atoms with E-state index in [1.807, 2.05) is 68.4 Å². The third kappa shape index (κ3) is 6.64. The van der Waals surface area contributed by atoms with Crippen LogP contribution >= 0.6 is 0 Å². The molecule has 152 valence electrons. The summed E-state index contributed by atoms with van der Waals surface area (Å²) < 4.78 is 29.6. The van der Waals surface area contributed by atoms with Gasteiger partial charge < -0.3 is 5.11 Å². The van der Waals surface area contributed by atoms with Gasteiger partial charge >= 0.3 is 0 Å². The first-order valence-corrected chi connectivity index (χ1v) is 10.5. The summed E-state index contributed by atoms with van der Waals surface area (Å²) in [6.07, 6.45) is 0. The van der Waals surface area contributed by atoms with E-state index in [1.54, 1.807) is 12.1 Å². The minimum Gasteiger partial charge on any atom is -0.396 e. The smallest absolute Gasteiger partial charge is 0.294 e. The fourth-order valence-corrected chi connectivity index (χ4v) is 3.04. The van der Waals surface area contributed by atoms with Crippen LogP contribution in [0.5, 0.6) is 0 Å². The summed E-state index contributed by atoms with van der Waals surface area (Å²) in [4.78, 5) is 12.2. The quantitative estimate of drug-likeness (QED) is 0.483. The fraction of sp³-hybridized carbons (Fsp3) is 0.174. The molecule has 29 heavy (non-hydrogen) atoms. The maximum atomic E-state index is 12.2. The third-order valence-electron chi connectivity index (χ3n) is 4.35. The topological polar surface area (TPSA) is 91.7 Å². The van der Waals surface area contributed by atoms with Crippen LogP contribution in [0.1, 0.15) is 39.9 Å². The van der Waals surface area contributed by atoms with Crippen molar-refractivity contribution in [2.75, 3.05) is 6.61 Å². The first kappa shape index (κ1) is 22.5. The molecular formula is C23H24O5S. The zero-order valence-electron chi connectivity index (χ0n) is 16.3. The molecule has 0 spiro atoms. The van der Waals surface area contributed by atoms with Crippen molar-refractivity contribution < 1.29 is 22.9 Å². The molecule has 0 saturated heterocycles. The van der Waals surface area contributed by atoms with Crippen LogP contribution in [0.4, 0.5) is 0 Å². The number of rotatable bonds is 5. The molecule has 0 aliphatic carbocycles. The monoisotopic (exact) mass is 412 g/mol. The van der Waals surface area contributed by atoms with Crippen molar-refractivity contribution in [3.05, 3.63) is 101 Å². The second kappa shape index (κ2) is 10.1. The lowest BCUT2D eigenvalue weighted by molar-refractivity contribution is 0.103. The van der Waals surface area contributed by atoms with E-state index in [9.17, 15) is 13.2 Å². The number of aliphatic hydroxyl groups excluding tert-OH is 1. The van der Waals surface area contributed by atoms with Gasteiger partial charge in [0.2, 0.25) is 0 Å². The number of aryl methyl sites for hydroxylation is 1. The molecule has 0 aliphatic rings. The maximum absolute atomic E-state index is 12.2. The van der Waals surface area contributed by atoms with Gasteiger partial charge in [0.25, 0.3) is 10.1 Å². The molecule has 0 bridgehead atoms. The molecule has 0 aromatic heterocycles. The highest BCUT2D eigenvalue weighted by Gasteiger charge is 2.11. The standard InChI is InChI=1S/C16H16O2.C7H8O3S/c1-12(11-17)14-8-5-9-15(10-14)16(18)13-6-3-2-4-7-13;1-6-2-4-7(5-3-6)11(8,9)10/h2-10,12,17H,11H2,1H3;2-5H,1H3,(H,8,9,10). The van der Waals surface area contributed by atoms with Gasteiger partial charge in [0.05, 0.1) is 4.90 Å². The van der Waals surface area contributed by atoms with Crippen molar-refractivity contribution in [2.45, 2.75) is 24.7 Å². The summed E-state index contributed by atoms with van der Waals surface area (Å²) in [5.41, 5.74) is 3.29. The molecule has 5 nitrogen and oxygen atoms in total. The average molecular weight is 413 g/mol. The highest BCUT2D eigenvalue weighted by atomic mass is 32.2. The number of hydrogen-bond acceptors (Lipinski definition) is 4. The van der Waals surface area contributed by atoms with E-state index in [-0.39, 0.29) is 23.2 Å². The molecule has 0 saturated carbocycles. The summed E-state index contributed by atoms with van der Waals surface area (Å²) in [7, 11) is -4.02. The zero-order chi connectivity index (χ0) is 21.4. The molecule has 0 amide bonds. The molecule has 3 aromatic rings. The number of ketones is 1. The lowest BCUT2D eigenvalue weighted by Crippen LogP contribution is -2.04. The number of aliphatic hydroxyl groups is 1. The van der Waals surface area contributed by atoms with Crippen molar-refractivity contribution >= 4 is 15.9 Å². The van der Waals surface area contributed by atoms with Crippen LogP contribution in [0.15, 0.2) is 83.8 Å². The van der Waals surface area contributed by atoms with Gasteiger partial charge in [-0.1, -0.05) is 73.2 Å². The van der Waals surface area contributed by atoms with E-state index >= 15 is 0 Å². The van der Waals surface area contributed by atoms with Gasteiger partial charge in [-0.3, -0.25) is 9.35 Å². The molecule has 3 aromatic carbocycles. The van der Waals surface area contributed by atoms with Gasteiger partial charge in [0, 0.05) is 23.7 Å². The molecule has 0 fully saturated rings. The van der Waals surface area contributed by atoms with Crippen molar-refractivity contribution in [3.63, 3.8) is 0 Å². The number of carbonyl (C=O) groups excluding carboxylic acids is 1. The highest BCUT2D eigenvalue weighted by Crippen LogP contribution is 2.18. The van der Waals surface area contributed by atoms with Crippen LogP contribution in [0.2, 0.25) is 0 Å². The van der Waals surface area contributed by atoms with E-state index in [1.165, 1.54) is 12.1 Å². The van der Waals surface area contributed by atoms with Crippen LogP contribution in [0.25, 0.3) is 0 Å². The lowest BCUT2D eigenvalue weighted by atomic mass is 9.96. The second-order valence-electron chi connectivity index (χ2n) is 6.69. The number of benzene rings is 3. The van der Waals surface area contributed by atoms with Crippen molar-refractivity contribution in [3.8, 4) is 0 Å². The molecule has 6 heteroatoms. The Hall–Kier alpha value is -2.80. The minimum atomic E-state index is -4.02. The van der Waals surface area contributed by atoms with Gasteiger partial charge in [-0.25, -0.2) is 0 Å². The Morgan fingerprint density at radius 3 is 2.03 bits per heavy atom. The molecule has 0 radical (unpaired) electrons. The molecule has 3 rings (SSSR count). The summed E-state index contributed by atoms with van der Waals surface area (Å²) in [6, 6.07) is 22.7. The highest BCUT2D eigenvalue weighted by molar-refractivity contribution is 7.85. The van der Waals surface area contributed by atoms with E-state index < -0.39 is 10.1 Å². The molecular weight excluding hydrogens is 388 g/mol. The Labute approximate surface area is 171 Å². The van der Waals surface area contributed by atoms with Gasteiger partial charge in [0.15, 0.2) is 5.78 Å². The van der Waals surface area contributed by atoms with Gasteiger partial charge in [0.1, 0.15) is 0 Å². The summed E-state index contributed by atoms with van der Waals surface area (Å²) in [5.74, 6) is 0.0658. The molecule has 0 heterocycles. The van der Waals surface area contributed by atoms with E-state index in [4.69, 9.17) is 9.66 Å². The summed E-state index contributed by atoms with van der Waals surface area (Å²) >= 11 is 0. The SMILES string of the molecule is CC(CO)c1cccc(C(=O)c2ccccc2)c1.Cc1ccc(S(=O)(=O)O)cc1. The summed E-state index contributed by atoms with van der Waals surface area (Å²) in [5, 5.41) is 9.15. The van der Waals surface area contributed by atoms with Crippen molar-refractivity contribution in [2.24, 2.45) is 0 Å². The Bertz CT molecular complexity index is 1040.